The maximum absolute atomic E-state index is 11.8. The van der Waals surface area contributed by atoms with E-state index in [1.54, 1.807) is 18.7 Å². The molecule has 0 amide bonds. The summed E-state index contributed by atoms with van der Waals surface area (Å²) in [6.07, 6.45) is 4.81. The highest BCUT2D eigenvalue weighted by Crippen LogP contribution is 2.23. The van der Waals surface area contributed by atoms with Crippen LogP contribution in [0.1, 0.15) is 28.9 Å². The van der Waals surface area contributed by atoms with E-state index in [4.69, 9.17) is 9.15 Å². The zero-order valence-electron chi connectivity index (χ0n) is 11.6. The first-order valence-corrected chi connectivity index (χ1v) is 8.52. The molecule has 0 radical (unpaired) electrons. The second-order valence-corrected chi connectivity index (χ2v) is 5.58. The fourth-order valence-corrected chi connectivity index (χ4v) is 2.57. The number of thioether (sulfide) groups is 2. The molecule has 0 aliphatic heterocycles. The summed E-state index contributed by atoms with van der Waals surface area (Å²) >= 11 is 2.93. The van der Waals surface area contributed by atoms with Crippen LogP contribution in [0.15, 0.2) is 22.2 Å². The van der Waals surface area contributed by atoms with Crippen LogP contribution < -0.4 is 0 Å². The van der Waals surface area contributed by atoms with E-state index in [2.05, 4.69) is 20.2 Å². The van der Waals surface area contributed by atoms with Crippen molar-refractivity contribution in [3.8, 4) is 0 Å². The Morgan fingerprint density at radius 3 is 3.00 bits per heavy atom. The molecule has 9 heteroatoms. The van der Waals surface area contributed by atoms with Crippen LogP contribution >= 0.6 is 23.5 Å². The van der Waals surface area contributed by atoms with Crippen LogP contribution in [0.4, 0.5) is 0 Å². The molecule has 0 atom stereocenters. The highest BCUT2D eigenvalue weighted by atomic mass is 32.2. The van der Waals surface area contributed by atoms with Gasteiger partial charge in [0.2, 0.25) is 5.89 Å². The molecule has 0 bridgehead atoms. The van der Waals surface area contributed by atoms with E-state index in [9.17, 15) is 4.79 Å². The van der Waals surface area contributed by atoms with Crippen LogP contribution in [0.3, 0.4) is 0 Å². The van der Waals surface area contributed by atoms with Crippen LogP contribution in [0.5, 0.6) is 0 Å². The van der Waals surface area contributed by atoms with E-state index in [0.29, 0.717) is 40.5 Å². The van der Waals surface area contributed by atoms with Crippen molar-refractivity contribution >= 4 is 29.5 Å². The Bertz CT molecular complexity index is 606. The summed E-state index contributed by atoms with van der Waals surface area (Å²) in [5.74, 6) is 1.26. The van der Waals surface area contributed by atoms with Crippen molar-refractivity contribution < 1.29 is 13.9 Å². The molecule has 0 saturated heterocycles. The second-order valence-electron chi connectivity index (χ2n) is 3.79. The van der Waals surface area contributed by atoms with Gasteiger partial charge >= 0.3 is 5.97 Å². The number of nitrogens with zero attached hydrogens (tertiary/aromatic N) is 4. The number of hydrogen-bond acceptors (Lipinski definition) is 9. The van der Waals surface area contributed by atoms with Crippen LogP contribution in [-0.2, 0) is 16.2 Å². The molecule has 0 aromatic carbocycles. The highest BCUT2D eigenvalue weighted by Gasteiger charge is 2.15. The Labute approximate surface area is 130 Å². The highest BCUT2D eigenvalue weighted by molar-refractivity contribution is 7.98. The van der Waals surface area contributed by atoms with Gasteiger partial charge in [-0.25, -0.2) is 14.8 Å². The third-order valence-corrected chi connectivity index (χ3v) is 3.70. The molecule has 2 aromatic rings. The van der Waals surface area contributed by atoms with Crippen molar-refractivity contribution in [1.82, 2.24) is 20.2 Å². The van der Waals surface area contributed by atoms with Gasteiger partial charge in [0.25, 0.3) is 5.22 Å². The van der Waals surface area contributed by atoms with E-state index in [0.717, 1.165) is 0 Å². The van der Waals surface area contributed by atoms with E-state index in [1.807, 2.05) is 6.26 Å². The first kappa shape index (κ1) is 15.8. The lowest BCUT2D eigenvalue weighted by molar-refractivity contribution is 0.0524. The standard InChI is InChI=1S/C12H14N4O3S2/c1-3-18-11(17)8-4-13-7-14-9(8)5-21-12-16-15-10(19-12)6-20-2/h4,7H,3,5-6H2,1-2H3. The molecule has 2 rings (SSSR count). The van der Waals surface area contributed by atoms with Gasteiger partial charge in [-0.3, -0.25) is 0 Å². The van der Waals surface area contributed by atoms with Crippen LogP contribution in [0.25, 0.3) is 0 Å². The summed E-state index contributed by atoms with van der Waals surface area (Å²) < 4.78 is 10.4. The average molecular weight is 326 g/mol. The maximum atomic E-state index is 11.8. The minimum absolute atomic E-state index is 0.308. The van der Waals surface area contributed by atoms with Gasteiger partial charge < -0.3 is 9.15 Å². The fourth-order valence-electron chi connectivity index (χ4n) is 1.46. The number of esters is 1. The van der Waals surface area contributed by atoms with Gasteiger partial charge in [-0.1, -0.05) is 11.8 Å². The third kappa shape index (κ3) is 4.43. The summed E-state index contributed by atoms with van der Waals surface area (Å²) in [7, 11) is 0. The van der Waals surface area contributed by atoms with Crippen molar-refractivity contribution in [2.24, 2.45) is 0 Å². The second kappa shape index (κ2) is 7.99. The van der Waals surface area contributed by atoms with Gasteiger partial charge in [0.05, 0.1) is 18.1 Å². The summed E-state index contributed by atoms with van der Waals surface area (Å²) in [4.78, 5) is 19.8. The molecule has 0 N–H and O–H groups in total. The van der Waals surface area contributed by atoms with Gasteiger partial charge in [-0.2, -0.15) is 11.8 Å². The lowest BCUT2D eigenvalue weighted by Gasteiger charge is -2.05. The summed E-state index contributed by atoms with van der Waals surface area (Å²) in [5, 5.41) is 8.31. The average Bonchev–Trinajstić information content (AvgIpc) is 2.94. The lowest BCUT2D eigenvalue weighted by Crippen LogP contribution is -2.09. The molecular weight excluding hydrogens is 312 g/mol. The summed E-state index contributed by atoms with van der Waals surface area (Å²) in [5.41, 5.74) is 0.939. The lowest BCUT2D eigenvalue weighted by atomic mass is 10.2. The van der Waals surface area contributed by atoms with Crippen LogP contribution in [0.2, 0.25) is 0 Å². The maximum Gasteiger partial charge on any atom is 0.341 e. The van der Waals surface area contributed by atoms with Gasteiger partial charge in [-0.05, 0) is 13.2 Å². The number of aromatic nitrogens is 4. The Morgan fingerprint density at radius 2 is 2.24 bits per heavy atom. The molecule has 112 valence electrons. The Hall–Kier alpha value is -1.61. The van der Waals surface area contributed by atoms with E-state index < -0.39 is 5.97 Å². The quantitative estimate of drug-likeness (QED) is 0.560. The Kier molecular flexibility index (Phi) is 6.00. The number of ether oxygens (including phenoxy) is 1. The van der Waals surface area contributed by atoms with Gasteiger partial charge in [0.1, 0.15) is 11.9 Å². The Balaban J connectivity index is 2.03. The SMILES string of the molecule is CCOC(=O)c1cncnc1CSc1nnc(CSC)o1. The molecule has 2 heterocycles. The molecule has 0 aliphatic rings. The molecule has 0 unspecified atom stereocenters. The fraction of sp³-hybridized carbons (Fsp3) is 0.417. The molecule has 0 fully saturated rings. The molecule has 21 heavy (non-hydrogen) atoms. The van der Waals surface area contributed by atoms with E-state index in [-0.39, 0.29) is 0 Å². The Morgan fingerprint density at radius 1 is 1.38 bits per heavy atom. The van der Waals surface area contributed by atoms with Crippen LogP contribution in [-0.4, -0.2) is 39.0 Å². The van der Waals surface area contributed by atoms with Crippen molar-refractivity contribution in [2.75, 3.05) is 12.9 Å². The minimum Gasteiger partial charge on any atom is -0.462 e. The first-order valence-electron chi connectivity index (χ1n) is 6.14. The molecule has 2 aromatic heterocycles. The van der Waals surface area contributed by atoms with Crippen molar-refractivity contribution in [2.45, 2.75) is 23.7 Å². The zero-order valence-corrected chi connectivity index (χ0v) is 13.2. The number of carbonyl (C=O) groups excluding carboxylic acids is 1. The normalized spacial score (nSPS) is 10.6. The molecule has 0 aliphatic carbocycles. The van der Waals surface area contributed by atoms with E-state index >= 15 is 0 Å². The molecule has 0 spiro atoms. The largest absolute Gasteiger partial charge is 0.462 e. The van der Waals surface area contributed by atoms with E-state index in [1.165, 1.54) is 24.3 Å². The third-order valence-electron chi connectivity index (χ3n) is 2.34. The number of rotatable bonds is 7. The molecule has 7 nitrogen and oxygen atoms in total. The summed E-state index contributed by atoms with van der Waals surface area (Å²) in [6, 6.07) is 0. The first-order chi connectivity index (χ1) is 10.2. The predicted molar refractivity (Wildman–Crippen MR) is 79.1 cm³/mol. The van der Waals surface area contributed by atoms with Gasteiger partial charge in [-0.15, -0.1) is 10.2 Å². The molecule has 0 saturated carbocycles. The van der Waals surface area contributed by atoms with Gasteiger partial charge in [0, 0.05) is 11.9 Å². The smallest absolute Gasteiger partial charge is 0.341 e. The van der Waals surface area contributed by atoms with Crippen molar-refractivity contribution in [3.63, 3.8) is 0 Å². The van der Waals surface area contributed by atoms with Crippen LogP contribution in [0, 0.1) is 0 Å². The number of carbonyl (C=O) groups is 1. The molecular formula is C12H14N4O3S2. The summed E-state index contributed by atoms with van der Waals surface area (Å²) in [6.45, 7) is 2.06. The topological polar surface area (TPSA) is 91.0 Å². The van der Waals surface area contributed by atoms with Gasteiger partial charge in [0.15, 0.2) is 0 Å². The van der Waals surface area contributed by atoms with Crippen molar-refractivity contribution in [1.29, 1.82) is 0 Å². The van der Waals surface area contributed by atoms with Crippen molar-refractivity contribution in [3.05, 3.63) is 29.7 Å². The predicted octanol–water partition coefficient (Wildman–Crippen LogP) is 2.19. The minimum atomic E-state index is -0.428. The zero-order chi connectivity index (χ0) is 15.1. The monoisotopic (exact) mass is 326 g/mol. The number of hydrogen-bond donors (Lipinski definition) is 0.